The van der Waals surface area contributed by atoms with Crippen LogP contribution < -0.4 is 0 Å². The van der Waals surface area contributed by atoms with Crippen molar-refractivity contribution in [1.29, 1.82) is 0 Å². The molecule has 1 fully saturated rings. The van der Waals surface area contributed by atoms with Crippen molar-refractivity contribution in [3.05, 3.63) is 35.4 Å². The normalized spacial score (nSPS) is 22.7. The lowest BCUT2D eigenvalue weighted by atomic mass is 9.81. The van der Waals surface area contributed by atoms with Gasteiger partial charge in [0.1, 0.15) is 0 Å². The summed E-state index contributed by atoms with van der Waals surface area (Å²) < 4.78 is 0. The van der Waals surface area contributed by atoms with Crippen molar-refractivity contribution in [2.24, 2.45) is 5.92 Å². The van der Waals surface area contributed by atoms with Gasteiger partial charge in [0.2, 0.25) is 5.91 Å². The van der Waals surface area contributed by atoms with Crippen molar-refractivity contribution < 1.29 is 14.7 Å². The fourth-order valence-electron chi connectivity index (χ4n) is 3.58. The van der Waals surface area contributed by atoms with E-state index in [0.717, 1.165) is 19.3 Å². The molecule has 4 nitrogen and oxygen atoms in total. The van der Waals surface area contributed by atoms with Crippen LogP contribution in [0.5, 0.6) is 0 Å². The Morgan fingerprint density at radius 2 is 1.81 bits per heavy atom. The van der Waals surface area contributed by atoms with Crippen molar-refractivity contribution in [1.82, 2.24) is 4.90 Å². The third kappa shape index (κ3) is 2.80. The van der Waals surface area contributed by atoms with E-state index in [2.05, 4.69) is 12.1 Å². The van der Waals surface area contributed by atoms with Crippen molar-refractivity contribution in [2.45, 2.75) is 38.0 Å². The number of hydrogen-bond acceptors (Lipinski definition) is 2. The third-order valence-electron chi connectivity index (χ3n) is 4.82. The van der Waals surface area contributed by atoms with E-state index in [1.54, 1.807) is 0 Å². The van der Waals surface area contributed by atoms with E-state index in [4.69, 9.17) is 5.11 Å². The molecule has 1 aliphatic heterocycles. The van der Waals surface area contributed by atoms with Crippen molar-refractivity contribution in [3.8, 4) is 0 Å². The maximum Gasteiger partial charge on any atom is 0.306 e. The number of fused-ring (bicyclic) bond motifs is 1. The highest BCUT2D eigenvalue weighted by atomic mass is 16.4. The van der Waals surface area contributed by atoms with Crippen molar-refractivity contribution in [2.75, 3.05) is 13.1 Å². The van der Waals surface area contributed by atoms with Gasteiger partial charge in [0.25, 0.3) is 0 Å². The predicted molar refractivity (Wildman–Crippen MR) is 79.1 cm³/mol. The minimum absolute atomic E-state index is 0.0312. The first-order chi connectivity index (χ1) is 10.2. The number of carbonyl (C=O) groups excluding carboxylic acids is 1. The van der Waals surface area contributed by atoms with Crippen LogP contribution in [-0.2, 0) is 16.0 Å². The minimum atomic E-state index is -0.731. The van der Waals surface area contributed by atoms with Crippen LogP contribution in [0.4, 0.5) is 0 Å². The summed E-state index contributed by atoms with van der Waals surface area (Å²) in [5, 5.41) is 9.04. The molecule has 1 unspecified atom stereocenters. The van der Waals surface area contributed by atoms with Crippen molar-refractivity contribution in [3.63, 3.8) is 0 Å². The monoisotopic (exact) mass is 287 g/mol. The highest BCUT2D eigenvalue weighted by Crippen LogP contribution is 2.33. The van der Waals surface area contributed by atoms with Crippen LogP contribution in [0.3, 0.4) is 0 Å². The Labute approximate surface area is 124 Å². The molecule has 1 aliphatic carbocycles. The number of rotatable bonds is 2. The van der Waals surface area contributed by atoms with E-state index in [-0.39, 0.29) is 17.7 Å². The number of carboxylic acid groups (broad SMARTS) is 1. The average molecular weight is 287 g/mol. The molecule has 21 heavy (non-hydrogen) atoms. The van der Waals surface area contributed by atoms with E-state index >= 15 is 0 Å². The molecule has 112 valence electrons. The number of carbonyl (C=O) groups is 2. The van der Waals surface area contributed by atoms with Gasteiger partial charge in [-0.2, -0.15) is 0 Å². The number of aryl methyl sites for hydroxylation is 1. The fraction of sp³-hybridized carbons (Fsp3) is 0.529. The lowest BCUT2D eigenvalue weighted by molar-refractivity contribution is -0.146. The van der Waals surface area contributed by atoms with Gasteiger partial charge < -0.3 is 10.0 Å². The molecule has 1 aromatic rings. The highest BCUT2D eigenvalue weighted by molar-refractivity contribution is 5.84. The zero-order valence-electron chi connectivity index (χ0n) is 12.1. The van der Waals surface area contributed by atoms with E-state index in [0.29, 0.717) is 25.9 Å². The molecule has 4 heteroatoms. The first-order valence-corrected chi connectivity index (χ1v) is 7.76. The van der Waals surface area contributed by atoms with Crippen LogP contribution in [0.2, 0.25) is 0 Å². The van der Waals surface area contributed by atoms with Gasteiger partial charge >= 0.3 is 5.97 Å². The lowest BCUT2D eigenvalue weighted by Gasteiger charge is -2.34. The molecule has 1 N–H and O–H groups in total. The van der Waals surface area contributed by atoms with Gasteiger partial charge in [-0.05, 0) is 43.2 Å². The largest absolute Gasteiger partial charge is 0.481 e. The van der Waals surface area contributed by atoms with E-state index in [1.807, 2.05) is 17.0 Å². The summed E-state index contributed by atoms with van der Waals surface area (Å²) in [6.07, 6.45) is 4.18. The van der Waals surface area contributed by atoms with Crippen LogP contribution in [0, 0.1) is 5.92 Å². The van der Waals surface area contributed by atoms with Gasteiger partial charge in [-0.1, -0.05) is 24.3 Å². The highest BCUT2D eigenvalue weighted by Gasteiger charge is 2.33. The Balaban J connectivity index is 1.71. The van der Waals surface area contributed by atoms with Gasteiger partial charge in [0.05, 0.1) is 11.8 Å². The third-order valence-corrected chi connectivity index (χ3v) is 4.82. The predicted octanol–water partition coefficient (Wildman–Crippen LogP) is 2.43. The zero-order valence-corrected chi connectivity index (χ0v) is 12.1. The molecule has 1 heterocycles. The van der Waals surface area contributed by atoms with Gasteiger partial charge in [-0.15, -0.1) is 0 Å². The molecule has 0 spiro atoms. The Kier molecular flexibility index (Phi) is 3.95. The smallest absolute Gasteiger partial charge is 0.306 e. The second kappa shape index (κ2) is 5.88. The Morgan fingerprint density at radius 3 is 2.52 bits per heavy atom. The molecule has 0 aromatic heterocycles. The molecule has 1 saturated heterocycles. The van der Waals surface area contributed by atoms with Crippen LogP contribution in [0.1, 0.15) is 42.7 Å². The maximum absolute atomic E-state index is 12.8. The molecule has 1 amide bonds. The minimum Gasteiger partial charge on any atom is -0.481 e. The van der Waals surface area contributed by atoms with Crippen molar-refractivity contribution >= 4 is 11.9 Å². The van der Waals surface area contributed by atoms with Crippen LogP contribution in [0.25, 0.3) is 0 Å². The number of nitrogens with zero attached hydrogens (tertiary/aromatic N) is 1. The molecule has 3 rings (SSSR count). The maximum atomic E-state index is 12.8. The number of benzene rings is 1. The molecular formula is C17H21NO3. The number of amides is 1. The number of carboxylic acids is 1. The SMILES string of the molecule is O=C(O)C1CCN(C(=O)C2CCCc3ccccc32)CC1. The summed E-state index contributed by atoms with van der Waals surface area (Å²) in [5.74, 6) is -0.861. The second-order valence-corrected chi connectivity index (χ2v) is 6.08. The Bertz CT molecular complexity index is 547. The standard InChI is InChI=1S/C17H21NO3/c19-16(18-10-8-13(9-11-18)17(20)21)15-7-3-5-12-4-1-2-6-14(12)15/h1-2,4,6,13,15H,3,5,7-11H2,(H,20,21). The van der Waals surface area contributed by atoms with Gasteiger partial charge in [-0.25, -0.2) is 0 Å². The average Bonchev–Trinajstić information content (AvgIpc) is 2.53. The number of piperidine rings is 1. The first-order valence-electron chi connectivity index (χ1n) is 7.76. The molecule has 1 atom stereocenters. The molecular weight excluding hydrogens is 266 g/mol. The summed E-state index contributed by atoms with van der Waals surface area (Å²) in [6, 6.07) is 8.22. The fourth-order valence-corrected chi connectivity index (χ4v) is 3.58. The molecule has 0 saturated carbocycles. The summed E-state index contributed by atoms with van der Waals surface area (Å²) in [4.78, 5) is 25.6. The molecule has 0 bridgehead atoms. The lowest BCUT2D eigenvalue weighted by Crippen LogP contribution is -2.43. The van der Waals surface area contributed by atoms with E-state index < -0.39 is 5.97 Å². The zero-order chi connectivity index (χ0) is 14.8. The Morgan fingerprint density at radius 1 is 1.10 bits per heavy atom. The van der Waals surface area contributed by atoms with Gasteiger partial charge in [-0.3, -0.25) is 9.59 Å². The number of hydrogen-bond donors (Lipinski definition) is 1. The van der Waals surface area contributed by atoms with E-state index in [1.165, 1.54) is 11.1 Å². The molecule has 0 radical (unpaired) electrons. The summed E-state index contributed by atoms with van der Waals surface area (Å²) in [6.45, 7) is 1.16. The van der Waals surface area contributed by atoms with Gasteiger partial charge in [0, 0.05) is 13.1 Å². The quantitative estimate of drug-likeness (QED) is 0.909. The van der Waals surface area contributed by atoms with Crippen LogP contribution >= 0.6 is 0 Å². The van der Waals surface area contributed by atoms with Crippen LogP contribution in [-0.4, -0.2) is 35.0 Å². The van der Waals surface area contributed by atoms with Crippen LogP contribution in [0.15, 0.2) is 24.3 Å². The van der Waals surface area contributed by atoms with E-state index in [9.17, 15) is 9.59 Å². The summed E-state index contributed by atoms with van der Waals surface area (Å²) in [5.41, 5.74) is 2.47. The molecule has 2 aliphatic rings. The number of likely N-dealkylation sites (tertiary alicyclic amines) is 1. The van der Waals surface area contributed by atoms with Gasteiger partial charge in [0.15, 0.2) is 0 Å². The Hall–Kier alpha value is -1.84. The molecule has 1 aromatic carbocycles. The summed E-state index contributed by atoms with van der Waals surface area (Å²) in [7, 11) is 0. The summed E-state index contributed by atoms with van der Waals surface area (Å²) >= 11 is 0. The first kappa shape index (κ1) is 14.1. The number of aliphatic carboxylic acids is 1. The second-order valence-electron chi connectivity index (χ2n) is 6.08. The topological polar surface area (TPSA) is 57.6 Å².